The molecule has 0 bridgehead atoms. The molecule has 3 amide bonds. The van der Waals surface area contributed by atoms with Crippen molar-refractivity contribution in [3.8, 4) is 5.75 Å². The number of H-pyrrole nitrogens is 1. The maximum atomic E-state index is 14.2. The van der Waals surface area contributed by atoms with Crippen molar-refractivity contribution in [3.05, 3.63) is 90.4 Å². The minimum absolute atomic E-state index is 0.00108. The second kappa shape index (κ2) is 14.2. The largest absolute Gasteiger partial charge is 0.497 e. The van der Waals surface area contributed by atoms with Gasteiger partial charge in [-0.25, -0.2) is 4.39 Å². The van der Waals surface area contributed by atoms with Gasteiger partial charge in [-0.2, -0.15) is 0 Å². The van der Waals surface area contributed by atoms with E-state index < -0.39 is 11.9 Å². The molecule has 1 fully saturated rings. The highest BCUT2D eigenvalue weighted by Gasteiger charge is 2.35. The summed E-state index contributed by atoms with van der Waals surface area (Å²) in [7, 11) is 1.55. The number of aromatic nitrogens is 1. The minimum Gasteiger partial charge on any atom is -0.497 e. The molecule has 0 saturated heterocycles. The maximum absolute atomic E-state index is 14.2. The number of fused-ring (bicyclic) bond motifs is 1. The molecule has 0 radical (unpaired) electrons. The zero-order chi connectivity index (χ0) is 30.2. The number of carbonyl (C=O) groups excluding carboxylic acids is 3. The maximum Gasteiger partial charge on any atom is 0.248 e. The van der Waals surface area contributed by atoms with Crippen LogP contribution in [0.5, 0.6) is 5.75 Å². The molecule has 8 nitrogen and oxygen atoms in total. The van der Waals surface area contributed by atoms with E-state index in [1.807, 2.05) is 24.3 Å². The number of para-hydroxylation sites is 1. The Morgan fingerprint density at radius 1 is 1.00 bits per heavy atom. The van der Waals surface area contributed by atoms with E-state index >= 15 is 0 Å². The average molecular weight is 603 g/mol. The highest BCUT2D eigenvalue weighted by Crippen LogP contribution is 2.35. The van der Waals surface area contributed by atoms with Gasteiger partial charge in [-0.1, -0.05) is 43.5 Å². The predicted octanol–water partition coefficient (Wildman–Crippen LogP) is 6.21. The van der Waals surface area contributed by atoms with Crippen LogP contribution in [0, 0.1) is 5.82 Å². The zero-order valence-corrected chi connectivity index (χ0v) is 24.8. The van der Waals surface area contributed by atoms with Crippen LogP contribution in [0.4, 0.5) is 15.8 Å². The summed E-state index contributed by atoms with van der Waals surface area (Å²) >= 11 is 1.14. The lowest BCUT2D eigenvalue weighted by Crippen LogP contribution is -2.47. The third kappa shape index (κ3) is 7.56. The number of hydrogen-bond donors (Lipinski definition) is 3. The molecular formula is C33H35FN4O4S. The molecule has 0 spiro atoms. The fourth-order valence-corrected chi connectivity index (χ4v) is 6.15. The van der Waals surface area contributed by atoms with Crippen molar-refractivity contribution >= 4 is 51.8 Å². The van der Waals surface area contributed by atoms with Gasteiger partial charge in [-0.3, -0.25) is 19.3 Å². The quantitative estimate of drug-likeness (QED) is 0.189. The molecule has 1 aliphatic rings. The molecule has 1 saturated carbocycles. The Labute approximate surface area is 254 Å². The zero-order valence-electron chi connectivity index (χ0n) is 24.0. The molecule has 0 aliphatic heterocycles. The van der Waals surface area contributed by atoms with Gasteiger partial charge in [0, 0.05) is 46.1 Å². The van der Waals surface area contributed by atoms with Crippen LogP contribution in [-0.2, 0) is 14.4 Å². The molecule has 1 aromatic heterocycles. The summed E-state index contributed by atoms with van der Waals surface area (Å²) in [6.07, 6.45) is 6.85. The van der Waals surface area contributed by atoms with Crippen molar-refractivity contribution in [2.24, 2.45) is 0 Å². The van der Waals surface area contributed by atoms with E-state index in [0.717, 1.165) is 54.8 Å². The van der Waals surface area contributed by atoms with Crippen LogP contribution < -0.4 is 20.3 Å². The van der Waals surface area contributed by atoms with Crippen molar-refractivity contribution in [2.75, 3.05) is 28.8 Å². The Morgan fingerprint density at radius 2 is 1.77 bits per heavy atom. The molecule has 1 heterocycles. The third-order valence-electron chi connectivity index (χ3n) is 7.56. The van der Waals surface area contributed by atoms with Crippen LogP contribution in [0.3, 0.4) is 0 Å². The molecule has 1 atom stereocenters. The van der Waals surface area contributed by atoms with Crippen LogP contribution in [0.2, 0.25) is 0 Å². The van der Waals surface area contributed by atoms with Gasteiger partial charge in [0.25, 0.3) is 0 Å². The second-order valence-electron chi connectivity index (χ2n) is 10.5. The first-order valence-electron chi connectivity index (χ1n) is 14.4. The number of ether oxygens (including phenoxy) is 1. The number of thioether (sulfide) groups is 1. The van der Waals surface area contributed by atoms with E-state index in [4.69, 9.17) is 4.74 Å². The van der Waals surface area contributed by atoms with E-state index in [-0.39, 0.29) is 35.3 Å². The smallest absolute Gasteiger partial charge is 0.248 e. The van der Waals surface area contributed by atoms with Crippen LogP contribution in [0.1, 0.15) is 43.7 Å². The molecule has 0 unspecified atom stereocenters. The number of anilines is 2. The van der Waals surface area contributed by atoms with Crippen molar-refractivity contribution < 1.29 is 23.5 Å². The number of nitrogens with one attached hydrogen (secondary N) is 3. The van der Waals surface area contributed by atoms with Gasteiger partial charge >= 0.3 is 0 Å². The number of nitrogens with zero attached hydrogens (tertiary/aromatic N) is 1. The number of methoxy groups -OCH3 is 1. The number of rotatable bonds is 11. The van der Waals surface area contributed by atoms with Crippen LogP contribution in [0.25, 0.3) is 10.9 Å². The topological polar surface area (TPSA) is 104 Å². The molecule has 224 valence electrons. The molecule has 3 N–H and O–H groups in total. The van der Waals surface area contributed by atoms with Gasteiger partial charge in [0.05, 0.1) is 18.6 Å². The number of benzene rings is 3. The van der Waals surface area contributed by atoms with E-state index in [1.165, 1.54) is 29.2 Å². The second-order valence-corrected chi connectivity index (χ2v) is 11.5. The summed E-state index contributed by atoms with van der Waals surface area (Å²) in [6.45, 7) is 0. The first-order valence-corrected chi connectivity index (χ1v) is 15.5. The normalized spacial score (nSPS) is 14.2. The Balaban J connectivity index is 1.44. The monoisotopic (exact) mass is 602 g/mol. The molecule has 43 heavy (non-hydrogen) atoms. The van der Waals surface area contributed by atoms with E-state index in [1.54, 1.807) is 37.6 Å². The number of halogens is 1. The number of aromatic amines is 1. The molecule has 10 heteroatoms. The predicted molar refractivity (Wildman–Crippen MR) is 169 cm³/mol. The highest BCUT2D eigenvalue weighted by atomic mass is 32.2. The SMILES string of the molecule is COc1cccc(N(C(=O)CSCC(=O)Nc2ccc(F)cc2)[C@H](C(=O)NC2CCCCC2)c2c[nH]c3ccccc23)c1. The lowest BCUT2D eigenvalue weighted by atomic mass is 9.94. The van der Waals surface area contributed by atoms with Crippen molar-refractivity contribution in [1.29, 1.82) is 0 Å². The Morgan fingerprint density at radius 3 is 2.53 bits per heavy atom. The van der Waals surface area contributed by atoms with Crippen molar-refractivity contribution in [2.45, 2.75) is 44.2 Å². The molecular weight excluding hydrogens is 567 g/mol. The van der Waals surface area contributed by atoms with Gasteiger partial charge in [0.1, 0.15) is 17.6 Å². The lowest BCUT2D eigenvalue weighted by molar-refractivity contribution is -0.126. The van der Waals surface area contributed by atoms with E-state index in [9.17, 15) is 18.8 Å². The fourth-order valence-electron chi connectivity index (χ4n) is 5.47. The summed E-state index contributed by atoms with van der Waals surface area (Å²) in [5, 5.41) is 6.79. The lowest BCUT2D eigenvalue weighted by Gasteiger charge is -2.33. The summed E-state index contributed by atoms with van der Waals surface area (Å²) in [4.78, 5) is 45.6. The highest BCUT2D eigenvalue weighted by molar-refractivity contribution is 8.00. The van der Waals surface area contributed by atoms with Crippen LogP contribution in [-0.4, -0.2) is 47.4 Å². The summed E-state index contributed by atoms with van der Waals surface area (Å²) < 4.78 is 18.7. The average Bonchev–Trinajstić information content (AvgIpc) is 3.45. The summed E-state index contributed by atoms with van der Waals surface area (Å²) in [6, 6.07) is 19.3. The fraction of sp³-hybridized carbons (Fsp3) is 0.303. The van der Waals surface area contributed by atoms with Crippen LogP contribution >= 0.6 is 11.8 Å². The Kier molecular flexibility index (Phi) is 9.99. The number of hydrogen-bond acceptors (Lipinski definition) is 5. The Bertz CT molecular complexity index is 1570. The molecule has 4 aromatic rings. The molecule has 1 aliphatic carbocycles. The van der Waals surface area contributed by atoms with Crippen LogP contribution in [0.15, 0.2) is 79.0 Å². The summed E-state index contributed by atoms with van der Waals surface area (Å²) in [5.74, 6) is -0.806. The van der Waals surface area contributed by atoms with E-state index in [0.29, 0.717) is 22.7 Å². The van der Waals surface area contributed by atoms with Crippen molar-refractivity contribution in [1.82, 2.24) is 10.3 Å². The number of amides is 3. The van der Waals surface area contributed by atoms with E-state index in [2.05, 4.69) is 15.6 Å². The van der Waals surface area contributed by atoms with Gasteiger partial charge < -0.3 is 20.4 Å². The number of carbonyl (C=O) groups is 3. The third-order valence-corrected chi connectivity index (χ3v) is 8.48. The van der Waals surface area contributed by atoms with Gasteiger partial charge in [0.2, 0.25) is 17.7 Å². The van der Waals surface area contributed by atoms with Gasteiger partial charge in [0.15, 0.2) is 0 Å². The Hall–Kier alpha value is -4.31. The van der Waals surface area contributed by atoms with Crippen molar-refractivity contribution in [3.63, 3.8) is 0 Å². The first kappa shape index (κ1) is 30.2. The standard InChI is InChI=1S/C33H35FN4O4S/c1-42-26-11-7-10-25(18-26)38(31(40)21-43-20-30(39)36-24-16-14-22(34)15-17-24)32(33(41)37-23-8-3-2-4-9-23)28-19-35-29-13-6-5-12-27(28)29/h5-7,10-19,23,32,35H,2-4,8-9,20-21H2,1H3,(H,36,39)(H,37,41)/t32-/m0/s1. The van der Waals surface area contributed by atoms with Gasteiger partial charge in [-0.15, -0.1) is 11.8 Å². The first-order chi connectivity index (χ1) is 20.9. The molecule has 5 rings (SSSR count). The minimum atomic E-state index is -0.966. The summed E-state index contributed by atoms with van der Waals surface area (Å²) in [5.41, 5.74) is 2.52. The molecule has 3 aromatic carbocycles. The van der Waals surface area contributed by atoms with Gasteiger partial charge in [-0.05, 0) is 55.3 Å².